The van der Waals surface area contributed by atoms with Crippen LogP contribution in [0.4, 0.5) is 5.69 Å². The van der Waals surface area contributed by atoms with Crippen LogP contribution in [0.25, 0.3) is 0 Å². The molecular weight excluding hydrogens is 262 g/mol. The lowest BCUT2D eigenvalue weighted by Gasteiger charge is -2.11. The van der Waals surface area contributed by atoms with Crippen molar-refractivity contribution in [3.05, 3.63) is 48.3 Å². The van der Waals surface area contributed by atoms with Crippen LogP contribution in [0.1, 0.15) is 32.3 Å². The number of carbonyl (C=O) groups is 1. The van der Waals surface area contributed by atoms with Crippen molar-refractivity contribution in [3.63, 3.8) is 0 Å². The fraction of sp³-hybridized carbons (Fsp3) is 0.412. The van der Waals surface area contributed by atoms with Crippen LogP contribution in [-0.4, -0.2) is 15.7 Å². The Morgan fingerprint density at radius 1 is 1.24 bits per heavy atom. The molecule has 1 heterocycles. The van der Waals surface area contributed by atoms with E-state index in [1.54, 1.807) is 6.20 Å². The molecule has 1 N–H and O–H groups in total. The van der Waals surface area contributed by atoms with E-state index < -0.39 is 0 Å². The Morgan fingerprint density at radius 2 is 1.95 bits per heavy atom. The molecule has 0 unspecified atom stereocenters. The molecule has 112 valence electrons. The molecule has 0 atom stereocenters. The lowest BCUT2D eigenvalue weighted by molar-refractivity contribution is -0.120. The molecule has 1 amide bonds. The van der Waals surface area contributed by atoms with E-state index in [-0.39, 0.29) is 11.8 Å². The van der Waals surface area contributed by atoms with Crippen LogP contribution in [0.5, 0.6) is 0 Å². The quantitative estimate of drug-likeness (QED) is 0.846. The molecule has 0 saturated carbocycles. The van der Waals surface area contributed by atoms with Gasteiger partial charge in [0, 0.05) is 18.7 Å². The van der Waals surface area contributed by atoms with E-state index in [2.05, 4.69) is 22.5 Å². The minimum atomic E-state index is 0.0812. The van der Waals surface area contributed by atoms with Crippen molar-refractivity contribution in [1.29, 1.82) is 0 Å². The Kier molecular flexibility index (Phi) is 5.55. The molecule has 0 bridgehead atoms. The SMILES string of the molecule is CCC(CC)C(=O)Nc1cnn(CCc2ccccc2)c1. The Hall–Kier alpha value is -2.10. The van der Waals surface area contributed by atoms with Crippen molar-refractivity contribution in [2.45, 2.75) is 39.7 Å². The van der Waals surface area contributed by atoms with Gasteiger partial charge in [0.25, 0.3) is 0 Å². The van der Waals surface area contributed by atoms with Gasteiger partial charge < -0.3 is 5.32 Å². The number of anilines is 1. The molecule has 1 aromatic heterocycles. The number of rotatable bonds is 7. The maximum Gasteiger partial charge on any atom is 0.227 e. The molecule has 2 aromatic rings. The lowest BCUT2D eigenvalue weighted by Crippen LogP contribution is -2.21. The van der Waals surface area contributed by atoms with Gasteiger partial charge in [-0.2, -0.15) is 5.10 Å². The second-order valence-corrected chi connectivity index (χ2v) is 5.23. The van der Waals surface area contributed by atoms with E-state index in [0.29, 0.717) is 0 Å². The largest absolute Gasteiger partial charge is 0.323 e. The Bertz CT molecular complexity index is 558. The van der Waals surface area contributed by atoms with Gasteiger partial charge in [0.2, 0.25) is 5.91 Å². The van der Waals surface area contributed by atoms with E-state index >= 15 is 0 Å². The molecule has 1 aromatic carbocycles. The normalized spacial score (nSPS) is 10.8. The molecule has 4 nitrogen and oxygen atoms in total. The van der Waals surface area contributed by atoms with Crippen LogP contribution in [0.15, 0.2) is 42.7 Å². The number of carbonyl (C=O) groups excluding carboxylic acids is 1. The number of hydrogen-bond donors (Lipinski definition) is 1. The first kappa shape index (κ1) is 15.3. The van der Waals surface area contributed by atoms with Gasteiger partial charge >= 0.3 is 0 Å². The Balaban J connectivity index is 1.88. The summed E-state index contributed by atoms with van der Waals surface area (Å²) in [5, 5.41) is 7.24. The molecule has 0 aliphatic rings. The topological polar surface area (TPSA) is 46.9 Å². The summed E-state index contributed by atoms with van der Waals surface area (Å²) in [4.78, 5) is 12.0. The molecule has 4 heteroatoms. The standard InChI is InChI=1S/C17H23N3O/c1-3-15(4-2)17(21)19-16-12-18-20(13-16)11-10-14-8-6-5-7-9-14/h5-9,12-13,15H,3-4,10-11H2,1-2H3,(H,19,21). The first-order valence-electron chi connectivity index (χ1n) is 7.60. The van der Waals surface area contributed by atoms with Crippen LogP contribution < -0.4 is 5.32 Å². The van der Waals surface area contributed by atoms with Crippen molar-refractivity contribution in [1.82, 2.24) is 9.78 Å². The second kappa shape index (κ2) is 7.62. The summed E-state index contributed by atoms with van der Waals surface area (Å²) >= 11 is 0. The van der Waals surface area contributed by atoms with E-state index in [9.17, 15) is 4.79 Å². The Morgan fingerprint density at radius 3 is 2.62 bits per heavy atom. The van der Waals surface area contributed by atoms with Gasteiger partial charge in [0.05, 0.1) is 11.9 Å². The van der Waals surface area contributed by atoms with Crippen LogP contribution in [-0.2, 0) is 17.8 Å². The predicted molar refractivity (Wildman–Crippen MR) is 85.1 cm³/mol. The van der Waals surface area contributed by atoms with Gasteiger partial charge in [0.1, 0.15) is 0 Å². The monoisotopic (exact) mass is 285 g/mol. The number of hydrogen-bond acceptors (Lipinski definition) is 2. The minimum Gasteiger partial charge on any atom is -0.323 e. The zero-order chi connectivity index (χ0) is 15.1. The number of nitrogens with one attached hydrogen (secondary N) is 1. The highest BCUT2D eigenvalue weighted by Gasteiger charge is 2.14. The molecule has 0 aliphatic carbocycles. The second-order valence-electron chi connectivity index (χ2n) is 5.23. The third-order valence-electron chi connectivity index (χ3n) is 3.73. The Labute approximate surface area is 126 Å². The summed E-state index contributed by atoms with van der Waals surface area (Å²) in [7, 11) is 0. The highest BCUT2D eigenvalue weighted by atomic mass is 16.1. The van der Waals surface area contributed by atoms with Crippen molar-refractivity contribution in [3.8, 4) is 0 Å². The molecule has 0 aliphatic heterocycles. The molecule has 0 spiro atoms. The van der Waals surface area contributed by atoms with Crippen molar-refractivity contribution in [2.75, 3.05) is 5.32 Å². The molecule has 0 radical (unpaired) electrons. The van der Waals surface area contributed by atoms with E-state index in [1.807, 2.05) is 42.9 Å². The van der Waals surface area contributed by atoms with Crippen molar-refractivity contribution >= 4 is 11.6 Å². The number of benzene rings is 1. The maximum absolute atomic E-state index is 12.0. The van der Waals surface area contributed by atoms with Gasteiger partial charge in [-0.05, 0) is 24.8 Å². The van der Waals surface area contributed by atoms with Crippen molar-refractivity contribution < 1.29 is 4.79 Å². The summed E-state index contributed by atoms with van der Waals surface area (Å²) in [5.74, 6) is 0.167. The first-order chi connectivity index (χ1) is 10.2. The maximum atomic E-state index is 12.0. The molecular formula is C17H23N3O. The van der Waals surface area contributed by atoms with Gasteiger partial charge in [-0.1, -0.05) is 44.2 Å². The smallest absolute Gasteiger partial charge is 0.227 e. The summed E-state index contributed by atoms with van der Waals surface area (Å²) in [6, 6.07) is 10.3. The first-order valence-corrected chi connectivity index (χ1v) is 7.60. The van der Waals surface area contributed by atoms with Gasteiger partial charge in [-0.3, -0.25) is 9.48 Å². The van der Waals surface area contributed by atoms with E-state index in [0.717, 1.165) is 31.5 Å². The summed E-state index contributed by atoms with van der Waals surface area (Å²) in [6.07, 6.45) is 6.27. The predicted octanol–water partition coefficient (Wildman–Crippen LogP) is 3.50. The van der Waals surface area contributed by atoms with E-state index in [1.165, 1.54) is 5.56 Å². The fourth-order valence-electron chi connectivity index (χ4n) is 2.34. The molecule has 0 fully saturated rings. The zero-order valence-electron chi connectivity index (χ0n) is 12.7. The highest BCUT2D eigenvalue weighted by Crippen LogP contribution is 2.13. The average Bonchev–Trinajstić information content (AvgIpc) is 2.95. The van der Waals surface area contributed by atoms with Crippen LogP contribution in [0.3, 0.4) is 0 Å². The molecule has 2 rings (SSSR count). The zero-order valence-corrected chi connectivity index (χ0v) is 12.7. The minimum absolute atomic E-state index is 0.0812. The fourth-order valence-corrected chi connectivity index (χ4v) is 2.34. The number of aromatic nitrogens is 2. The van der Waals surface area contributed by atoms with Crippen LogP contribution in [0, 0.1) is 5.92 Å². The van der Waals surface area contributed by atoms with Crippen molar-refractivity contribution in [2.24, 2.45) is 5.92 Å². The lowest BCUT2D eigenvalue weighted by atomic mass is 10.0. The van der Waals surface area contributed by atoms with Crippen LogP contribution in [0.2, 0.25) is 0 Å². The average molecular weight is 285 g/mol. The molecule has 0 saturated heterocycles. The number of amides is 1. The summed E-state index contributed by atoms with van der Waals surface area (Å²) in [6.45, 7) is 4.89. The van der Waals surface area contributed by atoms with Crippen LogP contribution >= 0.6 is 0 Å². The summed E-state index contributed by atoms with van der Waals surface area (Å²) < 4.78 is 1.87. The van der Waals surface area contributed by atoms with E-state index in [4.69, 9.17) is 0 Å². The number of nitrogens with zero attached hydrogens (tertiary/aromatic N) is 2. The highest BCUT2D eigenvalue weighted by molar-refractivity contribution is 5.92. The van der Waals surface area contributed by atoms with Gasteiger partial charge in [0.15, 0.2) is 0 Å². The third-order valence-corrected chi connectivity index (χ3v) is 3.73. The third kappa shape index (κ3) is 4.45. The van der Waals surface area contributed by atoms with Gasteiger partial charge in [-0.15, -0.1) is 0 Å². The summed E-state index contributed by atoms with van der Waals surface area (Å²) in [5.41, 5.74) is 2.07. The molecule has 21 heavy (non-hydrogen) atoms. The number of aryl methyl sites for hydroxylation is 2. The van der Waals surface area contributed by atoms with Gasteiger partial charge in [-0.25, -0.2) is 0 Å².